The highest BCUT2D eigenvalue weighted by molar-refractivity contribution is 5.80. The van der Waals surface area contributed by atoms with Gasteiger partial charge >= 0.3 is 0 Å². The largest absolute Gasteiger partial charge is 0.495 e. The summed E-state index contributed by atoms with van der Waals surface area (Å²) < 4.78 is 5.34. The normalized spacial score (nSPS) is 20.2. The zero-order valence-electron chi connectivity index (χ0n) is 11.3. The second kappa shape index (κ2) is 5.93. The number of anilines is 1. The molecule has 0 radical (unpaired) electrons. The van der Waals surface area contributed by atoms with Gasteiger partial charge < -0.3 is 20.1 Å². The van der Waals surface area contributed by atoms with Crippen molar-refractivity contribution in [2.75, 3.05) is 25.1 Å². The van der Waals surface area contributed by atoms with Crippen molar-refractivity contribution in [2.45, 2.75) is 25.5 Å². The molecule has 2 atom stereocenters. The van der Waals surface area contributed by atoms with E-state index >= 15 is 0 Å². The zero-order chi connectivity index (χ0) is 13.8. The van der Waals surface area contributed by atoms with Crippen molar-refractivity contribution in [1.29, 1.82) is 0 Å². The first-order chi connectivity index (χ1) is 9.11. The molecule has 1 fully saturated rings. The van der Waals surface area contributed by atoms with Gasteiger partial charge in [0.25, 0.3) is 0 Å². The topological polar surface area (TPSA) is 61.8 Å². The fraction of sp³-hybridized carbons (Fsp3) is 0.500. The van der Waals surface area contributed by atoms with Crippen molar-refractivity contribution in [1.82, 2.24) is 5.32 Å². The minimum absolute atomic E-state index is 0.0759. The number of nitrogens with zero attached hydrogens (tertiary/aromatic N) is 1. The van der Waals surface area contributed by atoms with E-state index in [0.717, 1.165) is 30.9 Å². The summed E-state index contributed by atoms with van der Waals surface area (Å²) in [5, 5.41) is 12.0. The van der Waals surface area contributed by atoms with Crippen molar-refractivity contribution >= 4 is 11.6 Å². The molecule has 1 amide bonds. The second-order valence-electron chi connectivity index (χ2n) is 4.79. The smallest absolute Gasteiger partial charge is 0.248 e. The van der Waals surface area contributed by atoms with Crippen LogP contribution in [0.3, 0.4) is 0 Å². The Morgan fingerprint density at radius 3 is 2.95 bits per heavy atom. The molecule has 0 aliphatic carbocycles. The van der Waals surface area contributed by atoms with Crippen LogP contribution in [0.2, 0.25) is 0 Å². The zero-order valence-corrected chi connectivity index (χ0v) is 11.3. The van der Waals surface area contributed by atoms with Gasteiger partial charge in [-0.25, -0.2) is 0 Å². The predicted octanol–water partition coefficient (Wildman–Crippen LogP) is 0.771. The van der Waals surface area contributed by atoms with Crippen LogP contribution in [-0.4, -0.2) is 43.4 Å². The molecule has 0 bridgehead atoms. The average Bonchev–Trinajstić information content (AvgIpc) is 2.86. The first-order valence-electron chi connectivity index (χ1n) is 6.48. The molecule has 1 aromatic carbocycles. The molecular weight excluding hydrogens is 244 g/mol. The molecule has 104 valence electrons. The Morgan fingerprint density at radius 2 is 2.26 bits per heavy atom. The lowest BCUT2D eigenvalue weighted by atomic mass is 10.2. The molecule has 1 aliphatic rings. The lowest BCUT2D eigenvalue weighted by Crippen LogP contribution is -2.41. The van der Waals surface area contributed by atoms with Crippen LogP contribution in [0, 0.1) is 0 Å². The fourth-order valence-corrected chi connectivity index (χ4v) is 2.31. The van der Waals surface area contributed by atoms with Crippen LogP contribution in [0.15, 0.2) is 24.3 Å². The minimum Gasteiger partial charge on any atom is -0.495 e. The number of aliphatic hydroxyl groups excluding tert-OH is 1. The number of aliphatic hydroxyl groups is 1. The number of hydrogen-bond donors (Lipinski definition) is 2. The van der Waals surface area contributed by atoms with Crippen LogP contribution in [-0.2, 0) is 4.79 Å². The summed E-state index contributed by atoms with van der Waals surface area (Å²) >= 11 is 0. The molecular formula is C14H20N2O3. The first-order valence-corrected chi connectivity index (χ1v) is 6.48. The van der Waals surface area contributed by atoms with Crippen molar-refractivity contribution < 1.29 is 14.6 Å². The molecule has 2 N–H and O–H groups in total. The number of carbonyl (C=O) groups is 1. The molecule has 0 aromatic heterocycles. The number of para-hydroxylation sites is 2. The lowest BCUT2D eigenvalue weighted by Gasteiger charge is -2.21. The lowest BCUT2D eigenvalue weighted by molar-refractivity contribution is -0.129. The first kappa shape index (κ1) is 13.7. The number of benzene rings is 1. The summed E-state index contributed by atoms with van der Waals surface area (Å²) in [4.78, 5) is 13.6. The Bertz CT molecular complexity index is 448. The van der Waals surface area contributed by atoms with E-state index < -0.39 is 6.10 Å². The van der Waals surface area contributed by atoms with Crippen LogP contribution in [0.5, 0.6) is 5.75 Å². The molecule has 1 saturated heterocycles. The molecule has 0 spiro atoms. The number of methoxy groups -OCH3 is 1. The van der Waals surface area contributed by atoms with Crippen molar-refractivity contribution in [2.24, 2.45) is 0 Å². The van der Waals surface area contributed by atoms with Gasteiger partial charge in [0.05, 0.1) is 12.8 Å². The summed E-state index contributed by atoms with van der Waals surface area (Å²) in [6.07, 6.45) is -0.0865. The van der Waals surface area contributed by atoms with Gasteiger partial charge in [0, 0.05) is 19.1 Å². The highest BCUT2D eigenvalue weighted by Gasteiger charge is 2.26. The van der Waals surface area contributed by atoms with Crippen molar-refractivity contribution in [3.63, 3.8) is 0 Å². The molecule has 2 rings (SSSR count). The third-order valence-corrected chi connectivity index (χ3v) is 3.34. The number of ether oxygens (including phenoxy) is 1. The predicted molar refractivity (Wildman–Crippen MR) is 73.4 cm³/mol. The van der Waals surface area contributed by atoms with Gasteiger partial charge in [-0.05, 0) is 25.5 Å². The summed E-state index contributed by atoms with van der Waals surface area (Å²) in [7, 11) is 1.65. The van der Waals surface area contributed by atoms with Gasteiger partial charge in [-0.15, -0.1) is 0 Å². The second-order valence-corrected chi connectivity index (χ2v) is 4.79. The van der Waals surface area contributed by atoms with Gasteiger partial charge in [0.2, 0.25) is 5.91 Å². The van der Waals surface area contributed by atoms with Crippen LogP contribution in [0.1, 0.15) is 13.3 Å². The van der Waals surface area contributed by atoms with Crippen LogP contribution in [0.25, 0.3) is 0 Å². The van der Waals surface area contributed by atoms with E-state index in [1.165, 1.54) is 6.92 Å². The maximum atomic E-state index is 11.5. The van der Waals surface area contributed by atoms with E-state index in [9.17, 15) is 9.90 Å². The SMILES string of the molecule is COc1ccccc1N1CC[C@H](NC(=O)[C@@H](C)O)C1. The number of amides is 1. The summed E-state index contributed by atoms with van der Waals surface area (Å²) in [6.45, 7) is 3.08. The fourth-order valence-electron chi connectivity index (χ4n) is 2.31. The molecule has 1 heterocycles. The average molecular weight is 264 g/mol. The Hall–Kier alpha value is -1.75. The van der Waals surface area contributed by atoms with Crippen molar-refractivity contribution in [3.05, 3.63) is 24.3 Å². The molecule has 1 aliphatic heterocycles. The standard InChI is InChI=1S/C14H20N2O3/c1-10(17)14(18)15-11-7-8-16(9-11)12-5-3-4-6-13(12)19-2/h3-6,10-11,17H,7-9H2,1-2H3,(H,15,18)/t10-,11+/m1/s1. The maximum Gasteiger partial charge on any atom is 0.248 e. The number of rotatable bonds is 4. The van der Waals surface area contributed by atoms with Crippen molar-refractivity contribution in [3.8, 4) is 5.75 Å². The number of hydrogen-bond acceptors (Lipinski definition) is 4. The van der Waals surface area contributed by atoms with Gasteiger partial charge in [-0.2, -0.15) is 0 Å². The van der Waals surface area contributed by atoms with E-state index in [4.69, 9.17) is 4.74 Å². The van der Waals surface area contributed by atoms with E-state index in [0.29, 0.717) is 0 Å². The minimum atomic E-state index is -0.958. The van der Waals surface area contributed by atoms with Crippen LogP contribution >= 0.6 is 0 Å². The third-order valence-electron chi connectivity index (χ3n) is 3.34. The monoisotopic (exact) mass is 264 g/mol. The molecule has 0 unspecified atom stereocenters. The summed E-state index contributed by atoms with van der Waals surface area (Å²) in [5.74, 6) is 0.525. The Morgan fingerprint density at radius 1 is 1.53 bits per heavy atom. The molecule has 5 heteroatoms. The molecule has 0 saturated carbocycles. The summed E-state index contributed by atoms with van der Waals surface area (Å²) in [5.41, 5.74) is 1.04. The highest BCUT2D eigenvalue weighted by atomic mass is 16.5. The quantitative estimate of drug-likeness (QED) is 0.843. The van der Waals surface area contributed by atoms with Crippen LogP contribution in [0.4, 0.5) is 5.69 Å². The van der Waals surface area contributed by atoms with E-state index in [1.54, 1.807) is 7.11 Å². The van der Waals surface area contributed by atoms with Gasteiger partial charge in [-0.3, -0.25) is 4.79 Å². The van der Waals surface area contributed by atoms with E-state index in [1.807, 2.05) is 24.3 Å². The van der Waals surface area contributed by atoms with E-state index in [-0.39, 0.29) is 11.9 Å². The number of carbonyl (C=O) groups excluding carboxylic acids is 1. The number of nitrogens with one attached hydrogen (secondary N) is 1. The third kappa shape index (κ3) is 3.17. The maximum absolute atomic E-state index is 11.5. The highest BCUT2D eigenvalue weighted by Crippen LogP contribution is 2.30. The Balaban J connectivity index is 2.00. The molecule has 19 heavy (non-hydrogen) atoms. The van der Waals surface area contributed by atoms with Gasteiger partial charge in [-0.1, -0.05) is 12.1 Å². The van der Waals surface area contributed by atoms with Crippen LogP contribution < -0.4 is 15.0 Å². The Labute approximate surface area is 113 Å². The van der Waals surface area contributed by atoms with Gasteiger partial charge in [0.15, 0.2) is 0 Å². The molecule has 1 aromatic rings. The summed E-state index contributed by atoms with van der Waals surface area (Å²) in [6, 6.07) is 7.92. The molecule has 5 nitrogen and oxygen atoms in total. The Kier molecular flexibility index (Phi) is 4.27. The van der Waals surface area contributed by atoms with E-state index in [2.05, 4.69) is 10.2 Å². The van der Waals surface area contributed by atoms with Gasteiger partial charge in [0.1, 0.15) is 11.9 Å².